The molecule has 2 aromatic rings. The number of carbonyl (C=O) groups is 1. The Bertz CT molecular complexity index is 848. The van der Waals surface area contributed by atoms with E-state index >= 15 is 0 Å². The Morgan fingerprint density at radius 1 is 1.33 bits per heavy atom. The summed E-state index contributed by atoms with van der Waals surface area (Å²) in [5.41, 5.74) is 4.09. The minimum atomic E-state index is -0.201. The van der Waals surface area contributed by atoms with Crippen molar-refractivity contribution in [1.29, 1.82) is 0 Å². The molecule has 1 amide bonds. The predicted octanol–water partition coefficient (Wildman–Crippen LogP) is 2.92. The molecule has 6 nitrogen and oxygen atoms in total. The van der Waals surface area contributed by atoms with Crippen LogP contribution in [0.2, 0.25) is 0 Å². The molecule has 1 fully saturated rings. The van der Waals surface area contributed by atoms with Crippen LogP contribution in [-0.4, -0.2) is 50.3 Å². The molecule has 1 aromatic heterocycles. The molecule has 2 heterocycles. The molecular weight excluding hydrogens is 376 g/mol. The highest BCUT2D eigenvalue weighted by Crippen LogP contribution is 2.25. The molecule has 3 N–H and O–H groups in total. The van der Waals surface area contributed by atoms with Crippen LogP contribution < -0.4 is 16.0 Å². The van der Waals surface area contributed by atoms with E-state index in [1.807, 2.05) is 24.3 Å². The van der Waals surface area contributed by atoms with Gasteiger partial charge >= 0.3 is 0 Å². The minimum absolute atomic E-state index is 0.0679. The minimum Gasteiger partial charge on any atom is -0.385 e. The van der Waals surface area contributed by atoms with E-state index in [-0.39, 0.29) is 17.9 Å². The smallest absolute Gasteiger partial charge is 0.269 e. The summed E-state index contributed by atoms with van der Waals surface area (Å²) >= 11 is 0. The number of hydrogen-bond donors (Lipinski definition) is 3. The van der Waals surface area contributed by atoms with Gasteiger partial charge in [-0.1, -0.05) is 43.8 Å². The number of morpholine rings is 1. The molecule has 0 saturated carbocycles. The number of rotatable bonds is 9. The van der Waals surface area contributed by atoms with E-state index in [0.29, 0.717) is 5.69 Å². The van der Waals surface area contributed by atoms with Crippen molar-refractivity contribution in [2.24, 2.45) is 0 Å². The molecule has 160 valence electrons. The summed E-state index contributed by atoms with van der Waals surface area (Å²) in [4.78, 5) is 16.9. The Morgan fingerprint density at radius 2 is 2.13 bits per heavy atom. The van der Waals surface area contributed by atoms with Crippen molar-refractivity contribution in [2.45, 2.75) is 31.8 Å². The summed E-state index contributed by atoms with van der Waals surface area (Å²) in [6, 6.07) is 14.0. The molecule has 0 aliphatic carbocycles. The van der Waals surface area contributed by atoms with E-state index in [2.05, 4.69) is 46.6 Å². The van der Waals surface area contributed by atoms with Gasteiger partial charge in [0.25, 0.3) is 5.91 Å². The summed E-state index contributed by atoms with van der Waals surface area (Å²) in [6.45, 7) is 9.74. The van der Waals surface area contributed by atoms with Gasteiger partial charge in [-0.15, -0.1) is 0 Å². The lowest BCUT2D eigenvalue weighted by atomic mass is 9.95. The lowest BCUT2D eigenvalue weighted by Crippen LogP contribution is -2.38. The van der Waals surface area contributed by atoms with Crippen molar-refractivity contribution < 1.29 is 9.53 Å². The van der Waals surface area contributed by atoms with Crippen molar-refractivity contribution in [3.05, 3.63) is 71.6 Å². The summed E-state index contributed by atoms with van der Waals surface area (Å²) in [5, 5.41) is 9.42. The van der Waals surface area contributed by atoms with E-state index in [9.17, 15) is 4.79 Å². The SMILES string of the molecule is C=C(NCCC[C@H]1CNCCO1)c1cc(C(=O)NC)nc([C@H](C)c2ccccc2)c1. The Labute approximate surface area is 179 Å². The quantitative estimate of drug-likeness (QED) is 0.556. The maximum atomic E-state index is 12.3. The normalized spacial score (nSPS) is 17.2. The molecule has 1 aliphatic heterocycles. The van der Waals surface area contributed by atoms with E-state index in [1.54, 1.807) is 13.1 Å². The molecule has 1 aromatic carbocycles. The van der Waals surface area contributed by atoms with E-state index in [0.717, 1.165) is 61.6 Å². The Kier molecular flexibility index (Phi) is 7.99. The van der Waals surface area contributed by atoms with Gasteiger partial charge in [0.05, 0.1) is 12.7 Å². The molecule has 0 unspecified atom stereocenters. The number of carbonyl (C=O) groups excluding carboxylic acids is 1. The highest BCUT2D eigenvalue weighted by molar-refractivity contribution is 5.93. The fourth-order valence-corrected chi connectivity index (χ4v) is 3.58. The van der Waals surface area contributed by atoms with Crippen molar-refractivity contribution >= 4 is 11.6 Å². The largest absolute Gasteiger partial charge is 0.385 e. The highest BCUT2D eigenvalue weighted by atomic mass is 16.5. The van der Waals surface area contributed by atoms with Crippen LogP contribution in [0.3, 0.4) is 0 Å². The van der Waals surface area contributed by atoms with Crippen molar-refractivity contribution in [1.82, 2.24) is 20.9 Å². The monoisotopic (exact) mass is 408 g/mol. The van der Waals surface area contributed by atoms with Crippen LogP contribution in [0.1, 0.15) is 53.0 Å². The average molecular weight is 409 g/mol. The van der Waals surface area contributed by atoms with Crippen LogP contribution in [-0.2, 0) is 4.74 Å². The van der Waals surface area contributed by atoms with Gasteiger partial charge in [-0.05, 0) is 30.5 Å². The molecule has 0 bridgehead atoms. The van der Waals surface area contributed by atoms with Gasteiger partial charge in [0.2, 0.25) is 0 Å². The zero-order chi connectivity index (χ0) is 21.3. The number of hydrogen-bond acceptors (Lipinski definition) is 5. The second-order valence-electron chi connectivity index (χ2n) is 7.62. The van der Waals surface area contributed by atoms with Crippen LogP contribution in [0.25, 0.3) is 5.70 Å². The van der Waals surface area contributed by atoms with Gasteiger partial charge in [0.1, 0.15) is 5.69 Å². The number of aromatic nitrogens is 1. The van der Waals surface area contributed by atoms with Gasteiger partial charge in [-0.25, -0.2) is 4.98 Å². The second-order valence-corrected chi connectivity index (χ2v) is 7.62. The third-order valence-electron chi connectivity index (χ3n) is 5.44. The van der Waals surface area contributed by atoms with E-state index < -0.39 is 0 Å². The van der Waals surface area contributed by atoms with Crippen molar-refractivity contribution in [2.75, 3.05) is 33.3 Å². The molecule has 6 heteroatoms. The second kappa shape index (κ2) is 10.9. The number of nitrogens with one attached hydrogen (secondary N) is 3. The predicted molar refractivity (Wildman–Crippen MR) is 120 cm³/mol. The fourth-order valence-electron chi connectivity index (χ4n) is 3.58. The fraction of sp³-hybridized carbons (Fsp3) is 0.417. The van der Waals surface area contributed by atoms with E-state index in [1.165, 1.54) is 0 Å². The van der Waals surface area contributed by atoms with Gasteiger partial charge in [-0.2, -0.15) is 0 Å². The number of benzene rings is 1. The number of amides is 1. The third kappa shape index (κ3) is 5.90. The maximum absolute atomic E-state index is 12.3. The van der Waals surface area contributed by atoms with Gasteiger partial charge < -0.3 is 20.7 Å². The summed E-state index contributed by atoms with van der Waals surface area (Å²) < 4.78 is 5.74. The highest BCUT2D eigenvalue weighted by Gasteiger charge is 2.16. The summed E-state index contributed by atoms with van der Waals surface area (Å²) in [5.74, 6) is -0.133. The molecule has 0 spiro atoms. The van der Waals surface area contributed by atoms with Gasteiger partial charge in [0, 0.05) is 49.6 Å². The first-order valence-electron chi connectivity index (χ1n) is 10.6. The van der Waals surface area contributed by atoms with Crippen molar-refractivity contribution in [3.63, 3.8) is 0 Å². The molecular formula is C24H32N4O2. The number of pyridine rings is 1. The van der Waals surface area contributed by atoms with Crippen LogP contribution in [0.4, 0.5) is 0 Å². The first-order chi connectivity index (χ1) is 14.6. The van der Waals surface area contributed by atoms with Crippen molar-refractivity contribution in [3.8, 4) is 0 Å². The molecule has 30 heavy (non-hydrogen) atoms. The lowest BCUT2D eigenvalue weighted by molar-refractivity contribution is 0.0226. The standard InChI is InChI=1S/C24H32N4O2/c1-17(19-8-5-4-6-9-19)22-14-20(15-23(28-22)24(29)25-3)18(2)27-11-7-10-21-16-26-12-13-30-21/h4-6,8-9,14-15,17,21,26-27H,2,7,10-13,16H2,1,3H3,(H,25,29)/t17-,21+/m1/s1. The molecule has 2 atom stereocenters. The first-order valence-corrected chi connectivity index (χ1v) is 10.6. The zero-order valence-corrected chi connectivity index (χ0v) is 17.9. The summed E-state index contributed by atoms with van der Waals surface area (Å²) in [7, 11) is 1.62. The van der Waals surface area contributed by atoms with E-state index in [4.69, 9.17) is 4.74 Å². The van der Waals surface area contributed by atoms with Gasteiger partial charge in [0.15, 0.2) is 0 Å². The van der Waals surface area contributed by atoms with Gasteiger partial charge in [-0.3, -0.25) is 4.79 Å². The Balaban J connectivity index is 1.69. The topological polar surface area (TPSA) is 75.3 Å². The van der Waals surface area contributed by atoms with Crippen LogP contribution in [0.15, 0.2) is 49.0 Å². The average Bonchev–Trinajstić information content (AvgIpc) is 2.81. The first kappa shape index (κ1) is 22.0. The molecule has 1 aliphatic rings. The van der Waals surface area contributed by atoms with Crippen LogP contribution in [0, 0.1) is 0 Å². The zero-order valence-electron chi connectivity index (χ0n) is 17.9. The summed E-state index contributed by atoms with van der Waals surface area (Å²) in [6.07, 6.45) is 2.28. The Hall–Kier alpha value is -2.70. The molecule has 0 radical (unpaired) electrons. The third-order valence-corrected chi connectivity index (χ3v) is 5.44. The Morgan fingerprint density at radius 3 is 2.83 bits per heavy atom. The lowest BCUT2D eigenvalue weighted by Gasteiger charge is -2.23. The number of ether oxygens (including phenoxy) is 1. The number of nitrogens with zero attached hydrogens (tertiary/aromatic N) is 1. The van der Waals surface area contributed by atoms with Crippen LogP contribution in [0.5, 0.6) is 0 Å². The molecule has 1 saturated heterocycles. The maximum Gasteiger partial charge on any atom is 0.269 e. The van der Waals surface area contributed by atoms with Crippen LogP contribution >= 0.6 is 0 Å². The molecule has 3 rings (SSSR count).